The molecule has 6 nitrogen and oxygen atoms in total. The Hall–Kier alpha value is -1.95. The molecule has 0 spiro atoms. The van der Waals surface area contributed by atoms with Gasteiger partial charge in [-0.3, -0.25) is 4.90 Å². The van der Waals surface area contributed by atoms with Gasteiger partial charge in [0.1, 0.15) is 0 Å². The molecule has 3 heterocycles. The second-order valence-electron chi connectivity index (χ2n) is 6.12. The fourth-order valence-corrected chi connectivity index (χ4v) is 2.95. The van der Waals surface area contributed by atoms with E-state index in [-0.39, 0.29) is 0 Å². The first-order valence-corrected chi connectivity index (χ1v) is 7.79. The molecule has 1 aliphatic heterocycles. The number of hydrogen-bond acceptors (Lipinski definition) is 6. The van der Waals surface area contributed by atoms with Crippen molar-refractivity contribution in [2.75, 3.05) is 25.0 Å². The van der Waals surface area contributed by atoms with Crippen LogP contribution < -0.4 is 4.90 Å². The number of hydrogen-bond donors (Lipinski definition) is 0. The molecule has 6 heteroatoms. The summed E-state index contributed by atoms with van der Waals surface area (Å²) >= 11 is 0. The Bertz CT molecular complexity index is 609. The third-order valence-electron chi connectivity index (χ3n) is 4.21. The van der Waals surface area contributed by atoms with Crippen molar-refractivity contribution in [3.05, 3.63) is 35.3 Å². The molecule has 2 aromatic heterocycles. The summed E-state index contributed by atoms with van der Waals surface area (Å²) in [6.07, 6.45) is 2.36. The molecule has 1 atom stereocenters. The summed E-state index contributed by atoms with van der Waals surface area (Å²) in [6.45, 7) is 6.72. The minimum Gasteiger partial charge on any atom is -0.360 e. The van der Waals surface area contributed by atoms with Gasteiger partial charge in [0.15, 0.2) is 11.6 Å². The summed E-state index contributed by atoms with van der Waals surface area (Å²) in [6, 6.07) is 6.57. The van der Waals surface area contributed by atoms with Crippen molar-refractivity contribution >= 4 is 5.82 Å². The van der Waals surface area contributed by atoms with Crippen molar-refractivity contribution in [2.24, 2.45) is 0 Å². The van der Waals surface area contributed by atoms with Gasteiger partial charge in [-0.25, -0.2) is 0 Å². The van der Waals surface area contributed by atoms with Crippen LogP contribution in [-0.4, -0.2) is 46.4 Å². The molecule has 0 unspecified atom stereocenters. The summed E-state index contributed by atoms with van der Waals surface area (Å²) in [4.78, 5) is 4.66. The molecule has 1 aliphatic rings. The number of nitrogens with zero attached hydrogens (tertiary/aromatic N) is 5. The van der Waals surface area contributed by atoms with Crippen molar-refractivity contribution in [3.63, 3.8) is 0 Å². The van der Waals surface area contributed by atoms with Gasteiger partial charge in [0.05, 0.1) is 17.9 Å². The molecule has 0 saturated carbocycles. The minimum absolute atomic E-state index is 0.488. The average molecular weight is 301 g/mol. The number of aromatic nitrogens is 3. The van der Waals surface area contributed by atoms with Gasteiger partial charge >= 0.3 is 0 Å². The summed E-state index contributed by atoms with van der Waals surface area (Å²) in [5.74, 6) is 1.89. The van der Waals surface area contributed by atoms with E-state index in [1.54, 1.807) is 0 Å². The molecule has 0 amide bonds. The number of rotatable bonds is 4. The molecule has 22 heavy (non-hydrogen) atoms. The minimum atomic E-state index is 0.488. The summed E-state index contributed by atoms with van der Waals surface area (Å²) < 4.78 is 5.32. The van der Waals surface area contributed by atoms with Crippen LogP contribution in [0.4, 0.5) is 5.82 Å². The van der Waals surface area contributed by atoms with Crippen LogP contribution in [0, 0.1) is 13.8 Å². The molecule has 3 rings (SSSR count). The van der Waals surface area contributed by atoms with Gasteiger partial charge in [0.2, 0.25) is 0 Å². The fourth-order valence-electron chi connectivity index (χ4n) is 2.95. The van der Waals surface area contributed by atoms with Crippen molar-refractivity contribution < 1.29 is 4.52 Å². The second kappa shape index (κ2) is 6.44. The zero-order chi connectivity index (χ0) is 15.5. The quantitative estimate of drug-likeness (QED) is 0.862. The summed E-state index contributed by atoms with van der Waals surface area (Å²) in [7, 11) is 2.15. The van der Waals surface area contributed by atoms with Gasteiger partial charge in [-0.05, 0) is 45.9 Å². The van der Waals surface area contributed by atoms with Crippen LogP contribution in [0.25, 0.3) is 0 Å². The smallest absolute Gasteiger partial charge is 0.151 e. The Kier molecular flexibility index (Phi) is 4.38. The van der Waals surface area contributed by atoms with Crippen LogP contribution >= 0.6 is 0 Å². The lowest BCUT2D eigenvalue weighted by atomic mass is 10.0. The highest BCUT2D eigenvalue weighted by Gasteiger charge is 2.25. The van der Waals surface area contributed by atoms with Gasteiger partial charge in [0.25, 0.3) is 0 Å². The Morgan fingerprint density at radius 1 is 1.27 bits per heavy atom. The lowest BCUT2D eigenvalue weighted by molar-refractivity contribution is 0.186. The topological polar surface area (TPSA) is 58.3 Å². The van der Waals surface area contributed by atoms with E-state index < -0.39 is 0 Å². The highest BCUT2D eigenvalue weighted by molar-refractivity contribution is 5.38. The predicted molar refractivity (Wildman–Crippen MR) is 84.7 cm³/mol. The number of aryl methyl sites for hydroxylation is 2. The molecule has 2 aromatic rings. The van der Waals surface area contributed by atoms with Crippen LogP contribution in [0.2, 0.25) is 0 Å². The van der Waals surface area contributed by atoms with Crippen LogP contribution in [0.1, 0.15) is 30.0 Å². The van der Waals surface area contributed by atoms with E-state index in [1.165, 1.54) is 12.8 Å². The van der Waals surface area contributed by atoms with E-state index >= 15 is 0 Å². The average Bonchev–Trinajstić information content (AvgIpc) is 2.93. The molecule has 0 aliphatic carbocycles. The highest BCUT2D eigenvalue weighted by atomic mass is 16.5. The molecule has 118 valence electrons. The first-order chi connectivity index (χ1) is 10.6. The Morgan fingerprint density at radius 3 is 2.82 bits per heavy atom. The van der Waals surface area contributed by atoms with Crippen LogP contribution in [0.5, 0.6) is 0 Å². The summed E-state index contributed by atoms with van der Waals surface area (Å²) in [5, 5.41) is 12.4. The molecule has 0 aromatic carbocycles. The number of likely N-dealkylation sites (N-methyl/N-ethyl adjacent to an activating group) is 1. The van der Waals surface area contributed by atoms with Gasteiger partial charge in [-0.1, -0.05) is 5.16 Å². The lowest BCUT2D eigenvalue weighted by Crippen LogP contribution is -2.46. The van der Waals surface area contributed by atoms with Gasteiger partial charge in [-0.2, -0.15) is 5.10 Å². The predicted octanol–water partition coefficient (Wildman–Crippen LogP) is 2.18. The lowest BCUT2D eigenvalue weighted by Gasteiger charge is -2.37. The fraction of sp³-hybridized carbons (Fsp3) is 0.562. The molecule has 1 fully saturated rings. The first kappa shape index (κ1) is 15.0. The van der Waals surface area contributed by atoms with Crippen LogP contribution in [-0.2, 0) is 6.54 Å². The van der Waals surface area contributed by atoms with Crippen LogP contribution in [0.15, 0.2) is 22.7 Å². The highest BCUT2D eigenvalue weighted by Crippen LogP contribution is 2.21. The van der Waals surface area contributed by atoms with E-state index in [9.17, 15) is 0 Å². The molecule has 0 bridgehead atoms. The molecule has 0 N–H and O–H groups in total. The molecular formula is C16H23N5O. The number of anilines is 1. The SMILES string of the molecule is Cc1ccc(N2CCC[C@H](N(C)Cc3cc(C)no3)C2)nn1. The normalized spacial score (nSPS) is 18.9. The van der Waals surface area contributed by atoms with Crippen molar-refractivity contribution in [1.82, 2.24) is 20.3 Å². The Morgan fingerprint density at radius 2 is 2.14 bits per heavy atom. The molecule has 1 saturated heterocycles. The van der Waals surface area contributed by atoms with Crippen molar-refractivity contribution in [2.45, 2.75) is 39.3 Å². The first-order valence-electron chi connectivity index (χ1n) is 7.79. The van der Waals surface area contributed by atoms with Crippen molar-refractivity contribution in [3.8, 4) is 0 Å². The number of piperidine rings is 1. The van der Waals surface area contributed by atoms with E-state index in [1.807, 2.05) is 26.0 Å². The largest absolute Gasteiger partial charge is 0.360 e. The molecule has 0 radical (unpaired) electrons. The second-order valence-corrected chi connectivity index (χ2v) is 6.12. The maximum Gasteiger partial charge on any atom is 0.151 e. The third-order valence-corrected chi connectivity index (χ3v) is 4.21. The van der Waals surface area contributed by atoms with Gasteiger partial charge in [0, 0.05) is 25.2 Å². The zero-order valence-corrected chi connectivity index (χ0v) is 13.5. The molecular weight excluding hydrogens is 278 g/mol. The van der Waals surface area contributed by atoms with E-state index in [2.05, 4.69) is 38.3 Å². The van der Waals surface area contributed by atoms with E-state index in [4.69, 9.17) is 4.52 Å². The maximum atomic E-state index is 5.32. The standard InChI is InChI=1S/C16H23N5O/c1-12-6-7-16(18-17-12)21-8-4-5-14(10-21)20(3)11-15-9-13(2)19-22-15/h6-7,9,14H,4-5,8,10-11H2,1-3H3/t14-/m0/s1. The van der Waals surface area contributed by atoms with Gasteiger partial charge in [-0.15, -0.1) is 5.10 Å². The van der Waals surface area contributed by atoms with Crippen LogP contribution in [0.3, 0.4) is 0 Å². The Balaban J connectivity index is 1.63. The monoisotopic (exact) mass is 301 g/mol. The van der Waals surface area contributed by atoms with E-state index in [0.29, 0.717) is 6.04 Å². The summed E-state index contributed by atoms with van der Waals surface area (Å²) in [5.41, 5.74) is 1.89. The third kappa shape index (κ3) is 3.44. The van der Waals surface area contributed by atoms with Gasteiger partial charge < -0.3 is 9.42 Å². The maximum absolute atomic E-state index is 5.32. The van der Waals surface area contributed by atoms with E-state index in [0.717, 1.165) is 42.6 Å². The Labute approximate surface area is 131 Å². The zero-order valence-electron chi connectivity index (χ0n) is 13.5. The van der Waals surface area contributed by atoms with Crippen molar-refractivity contribution in [1.29, 1.82) is 0 Å².